The first-order valence-electron chi connectivity index (χ1n) is 10.6. The van der Waals surface area contributed by atoms with E-state index in [1.807, 2.05) is 49.9 Å². The van der Waals surface area contributed by atoms with Gasteiger partial charge in [-0.2, -0.15) is 4.79 Å². The van der Waals surface area contributed by atoms with Crippen molar-refractivity contribution in [2.75, 3.05) is 34.3 Å². The summed E-state index contributed by atoms with van der Waals surface area (Å²) < 4.78 is 12.6. The Morgan fingerprint density at radius 2 is 1.97 bits per heavy atom. The third kappa shape index (κ3) is 6.92. The number of hydrogen-bond acceptors (Lipinski definition) is 4. The van der Waals surface area contributed by atoms with E-state index in [2.05, 4.69) is 35.4 Å². The van der Waals surface area contributed by atoms with E-state index in [0.29, 0.717) is 29.2 Å². The summed E-state index contributed by atoms with van der Waals surface area (Å²) in [5.41, 5.74) is 3.57. The lowest BCUT2D eigenvalue weighted by Crippen LogP contribution is -2.76. The number of rotatable bonds is 11. The summed E-state index contributed by atoms with van der Waals surface area (Å²) in [6.45, 7) is 14.5. The first kappa shape index (κ1) is 25.6. The van der Waals surface area contributed by atoms with Gasteiger partial charge in [0.1, 0.15) is 6.72 Å². The number of urea groups is 1. The van der Waals surface area contributed by atoms with Crippen molar-refractivity contribution in [3.63, 3.8) is 0 Å². The highest BCUT2D eigenvalue weighted by Crippen LogP contribution is 2.32. The van der Waals surface area contributed by atoms with Gasteiger partial charge in [-0.25, -0.2) is 19.3 Å². The molecular formula is C25H34N5O3+3. The van der Waals surface area contributed by atoms with Crippen LogP contribution in [0, 0.1) is 5.41 Å². The molecule has 0 spiro atoms. The lowest BCUT2D eigenvalue weighted by atomic mass is 9.93. The predicted octanol–water partition coefficient (Wildman–Crippen LogP) is 1.52. The molecule has 0 fully saturated rings. The molecule has 0 aliphatic heterocycles. The van der Waals surface area contributed by atoms with Crippen LogP contribution in [0.2, 0.25) is 0 Å². The molecule has 174 valence electrons. The largest absolute Gasteiger partial charge is 0.488 e. The molecular weight excluding hydrogens is 418 g/mol. The molecule has 0 bridgehead atoms. The molecule has 0 aromatic heterocycles. The van der Waals surface area contributed by atoms with Gasteiger partial charge in [-0.1, -0.05) is 0 Å². The second kappa shape index (κ2) is 11.8. The zero-order chi connectivity index (χ0) is 24.5. The highest BCUT2D eigenvalue weighted by Gasteiger charge is 2.23. The molecule has 0 radical (unpaired) electrons. The molecule has 2 aromatic rings. The number of ether oxygens (including phenoxy) is 1. The normalized spacial score (nSPS) is 11.5. The second-order valence-electron chi connectivity index (χ2n) is 8.05. The second-order valence-corrected chi connectivity index (χ2v) is 8.05. The van der Waals surface area contributed by atoms with E-state index in [1.54, 1.807) is 19.2 Å². The number of hydrogen-bond donors (Lipinski definition) is 3. The van der Waals surface area contributed by atoms with Gasteiger partial charge in [0.15, 0.2) is 6.54 Å². The Morgan fingerprint density at radius 1 is 1.30 bits per heavy atom. The van der Waals surface area contributed by atoms with Crippen molar-refractivity contribution >= 4 is 37.7 Å². The number of benzene rings is 2. The fourth-order valence-electron chi connectivity index (χ4n) is 3.38. The zero-order valence-electron chi connectivity index (χ0n) is 19.9. The quantitative estimate of drug-likeness (QED) is 0.274. The predicted molar refractivity (Wildman–Crippen MR) is 132 cm³/mol. The average Bonchev–Trinajstić information content (AvgIpc) is 2.81. The van der Waals surface area contributed by atoms with E-state index < -0.39 is 0 Å². The van der Waals surface area contributed by atoms with Crippen LogP contribution in [0.1, 0.15) is 23.6 Å². The molecule has 33 heavy (non-hydrogen) atoms. The van der Waals surface area contributed by atoms with Crippen LogP contribution in [0.5, 0.6) is 11.5 Å². The summed E-state index contributed by atoms with van der Waals surface area (Å²) in [6, 6.07) is 10.7. The maximum absolute atomic E-state index is 11.7. The van der Waals surface area contributed by atoms with Crippen LogP contribution in [-0.4, -0.2) is 81.8 Å². The molecule has 0 saturated carbocycles. The van der Waals surface area contributed by atoms with Gasteiger partial charge in [-0.15, -0.1) is 0 Å². The Balaban J connectivity index is 2.37. The van der Waals surface area contributed by atoms with E-state index in [1.165, 1.54) is 0 Å². The van der Waals surface area contributed by atoms with Gasteiger partial charge in [-0.05, 0) is 44.8 Å². The molecule has 3 N–H and O–H groups in total. The lowest BCUT2D eigenvalue weighted by molar-refractivity contribution is -0.431. The number of nitrogens with zero attached hydrogens (tertiary/aromatic N) is 2. The third-order valence-corrected chi connectivity index (χ3v) is 5.22. The van der Waals surface area contributed by atoms with Gasteiger partial charge in [0.2, 0.25) is 11.4 Å². The minimum absolute atomic E-state index is 0.205. The van der Waals surface area contributed by atoms with Gasteiger partial charge in [0, 0.05) is 29.7 Å². The molecule has 2 amide bonds. The van der Waals surface area contributed by atoms with Gasteiger partial charge < -0.3 is 9.64 Å². The van der Waals surface area contributed by atoms with Gasteiger partial charge in [0.05, 0.1) is 38.2 Å². The van der Waals surface area contributed by atoms with Crippen molar-refractivity contribution < 1.29 is 23.5 Å². The minimum atomic E-state index is -0.371. The third-order valence-electron chi connectivity index (χ3n) is 5.22. The molecule has 8 heteroatoms. The molecule has 0 aliphatic carbocycles. The van der Waals surface area contributed by atoms with E-state index >= 15 is 0 Å². The summed E-state index contributed by atoms with van der Waals surface area (Å²) in [7, 11) is 5.59. The maximum atomic E-state index is 11.7. The molecule has 2 aromatic carbocycles. The first-order chi connectivity index (χ1) is 15.7. The summed E-state index contributed by atoms with van der Waals surface area (Å²) in [4.78, 5) is 16.1. The smallest absolute Gasteiger partial charge is 0.488 e. The number of likely N-dealkylation sites (N-methyl/N-ethyl adjacent to an activating group) is 1. The van der Waals surface area contributed by atoms with Crippen LogP contribution in [0.4, 0.5) is 10.5 Å². The maximum Gasteiger partial charge on any atom is 0.488 e. The Kier molecular flexibility index (Phi) is 9.18. The van der Waals surface area contributed by atoms with Crippen molar-refractivity contribution in [2.45, 2.75) is 19.4 Å². The number of carbonyl (C=O) groups excluding carboxylic acids is 2. The van der Waals surface area contributed by atoms with E-state index in [4.69, 9.17) is 14.6 Å². The minimum Gasteiger partial charge on any atom is -0.488 e. The average molecular weight is 453 g/mol. The molecule has 1 atom stereocenters. The van der Waals surface area contributed by atoms with Crippen LogP contribution in [0.3, 0.4) is 0 Å². The number of methoxy groups -OCH3 is 1. The molecule has 0 heterocycles. The Bertz CT molecular complexity index is 1040. The Labute approximate surface area is 195 Å². The number of nitrogens with one attached hydrogen (secondary N) is 3. The topological polar surface area (TPSA) is 93.7 Å². The summed E-state index contributed by atoms with van der Waals surface area (Å²) in [5, 5.41) is 11.7. The number of amides is 2. The first-order valence-corrected chi connectivity index (χ1v) is 10.6. The van der Waals surface area contributed by atoms with Gasteiger partial charge in [0.25, 0.3) is 6.79 Å². The van der Waals surface area contributed by atoms with Crippen LogP contribution >= 0.6 is 0 Å². The fraction of sp³-hybridized carbons (Fsp3) is 0.320. The van der Waals surface area contributed by atoms with E-state index in [9.17, 15) is 4.79 Å². The van der Waals surface area contributed by atoms with Gasteiger partial charge in [-0.3, -0.25) is 5.41 Å². The Hall–Kier alpha value is -3.65. The van der Waals surface area contributed by atoms with Crippen molar-refractivity contribution in [3.8, 4) is 11.5 Å². The van der Waals surface area contributed by atoms with Crippen molar-refractivity contribution in [2.24, 2.45) is 0 Å². The summed E-state index contributed by atoms with van der Waals surface area (Å²) in [6.07, 6.45) is 0.473. The van der Waals surface area contributed by atoms with Crippen molar-refractivity contribution in [3.05, 3.63) is 53.1 Å². The number of carbonyl (C=O) groups is 1. The molecule has 8 nitrogen and oxygen atoms in total. The Morgan fingerprint density at radius 3 is 2.52 bits per heavy atom. The van der Waals surface area contributed by atoms with Crippen molar-refractivity contribution in [1.29, 1.82) is 5.41 Å². The summed E-state index contributed by atoms with van der Waals surface area (Å²) >= 11 is 0. The standard InChI is InChI=1S/C25H32N5O3/c1-17(28-25(31)27-2)14-19-15-22(32-6)23(33-7)16-21(19)24(26)18-8-10-20(11-9-18)30(5)13-12-29(3)4/h8-11,15-17,26H,2,5-6,12-14H2,1,3-4,7H3/q+1/p+2. The SMILES string of the molecule is C=[NH+]C(=O)NC(C)Cc1cc([O+]=C)c(OC)cc1C(=N)c1ccc([N+](=C)CCN(C)C)cc1. The molecule has 0 aliphatic rings. The molecule has 2 rings (SSSR count). The van der Waals surface area contributed by atoms with E-state index in [0.717, 1.165) is 29.9 Å². The summed E-state index contributed by atoms with van der Waals surface area (Å²) in [5.74, 6) is 0.940. The highest BCUT2D eigenvalue weighted by atomic mass is 16.5. The van der Waals surface area contributed by atoms with Crippen LogP contribution in [0.25, 0.3) is 0 Å². The molecule has 0 saturated heterocycles. The highest BCUT2D eigenvalue weighted by molar-refractivity contribution is 6.12. The molecule has 1 unspecified atom stereocenters. The van der Waals surface area contributed by atoms with Crippen LogP contribution in [-0.2, 0) is 10.8 Å². The zero-order valence-corrected chi connectivity index (χ0v) is 19.9. The fourth-order valence-corrected chi connectivity index (χ4v) is 3.38. The van der Waals surface area contributed by atoms with Crippen LogP contribution < -0.4 is 15.0 Å². The van der Waals surface area contributed by atoms with Crippen molar-refractivity contribution in [1.82, 2.24) is 10.2 Å². The lowest BCUT2D eigenvalue weighted by Gasteiger charge is -2.14. The monoisotopic (exact) mass is 452 g/mol. The van der Waals surface area contributed by atoms with Crippen LogP contribution in [0.15, 0.2) is 36.4 Å². The van der Waals surface area contributed by atoms with E-state index in [-0.39, 0.29) is 12.1 Å². The van der Waals surface area contributed by atoms with Gasteiger partial charge >= 0.3 is 11.8 Å².